The van der Waals surface area contributed by atoms with Crippen molar-refractivity contribution >= 4 is 33.4 Å². The van der Waals surface area contributed by atoms with Gasteiger partial charge < -0.3 is 5.32 Å². The first-order valence-corrected chi connectivity index (χ1v) is 10.0. The van der Waals surface area contributed by atoms with Crippen LogP contribution in [0.4, 0.5) is 4.39 Å². The number of amides is 1. The van der Waals surface area contributed by atoms with Gasteiger partial charge in [-0.2, -0.15) is 5.10 Å². The van der Waals surface area contributed by atoms with Crippen LogP contribution in [0.1, 0.15) is 32.7 Å². The molecule has 7 heteroatoms. The lowest BCUT2D eigenvalue weighted by Gasteiger charge is -2.07. The van der Waals surface area contributed by atoms with Gasteiger partial charge in [0.05, 0.1) is 22.3 Å². The van der Waals surface area contributed by atoms with Gasteiger partial charge >= 0.3 is 0 Å². The van der Waals surface area contributed by atoms with E-state index in [1.165, 1.54) is 11.6 Å². The van der Waals surface area contributed by atoms with Gasteiger partial charge in [0.25, 0.3) is 5.91 Å². The summed E-state index contributed by atoms with van der Waals surface area (Å²) in [6, 6.07) is 12.9. The summed E-state index contributed by atoms with van der Waals surface area (Å²) < 4.78 is 15.3. The minimum absolute atomic E-state index is 0.265. The van der Waals surface area contributed by atoms with Crippen molar-refractivity contribution in [3.8, 4) is 0 Å². The molecule has 3 aromatic rings. The van der Waals surface area contributed by atoms with Gasteiger partial charge in [-0.15, -0.1) is 0 Å². The molecule has 0 bridgehead atoms. The van der Waals surface area contributed by atoms with Gasteiger partial charge in [-0.25, -0.2) is 9.07 Å². The van der Waals surface area contributed by atoms with E-state index in [1.54, 1.807) is 23.7 Å². The van der Waals surface area contributed by atoms with Crippen LogP contribution in [0, 0.1) is 19.7 Å². The van der Waals surface area contributed by atoms with Crippen LogP contribution in [0.15, 0.2) is 46.9 Å². The monoisotopic (exact) mass is 463 g/mol. The SMILES string of the molecule is Cc1ccc(Cn2nc(C)c(C(=O)NCCc3ccc(F)c(Br)c3)c2Cl)cc1. The molecule has 1 amide bonds. The van der Waals surface area contributed by atoms with Crippen LogP contribution in [0.25, 0.3) is 0 Å². The number of nitrogens with zero attached hydrogens (tertiary/aromatic N) is 2. The third-order valence-electron chi connectivity index (χ3n) is 4.43. The summed E-state index contributed by atoms with van der Waals surface area (Å²) in [5, 5.41) is 7.59. The summed E-state index contributed by atoms with van der Waals surface area (Å²) >= 11 is 9.60. The van der Waals surface area contributed by atoms with Crippen molar-refractivity contribution in [3.63, 3.8) is 0 Å². The topological polar surface area (TPSA) is 46.9 Å². The Labute approximate surface area is 176 Å². The number of carbonyl (C=O) groups is 1. The van der Waals surface area contributed by atoms with Crippen molar-refractivity contribution in [1.82, 2.24) is 15.1 Å². The Morgan fingerprint density at radius 3 is 2.54 bits per heavy atom. The van der Waals surface area contributed by atoms with Crippen molar-refractivity contribution in [2.45, 2.75) is 26.8 Å². The van der Waals surface area contributed by atoms with E-state index < -0.39 is 0 Å². The summed E-state index contributed by atoms with van der Waals surface area (Å²) in [6.07, 6.45) is 0.582. The van der Waals surface area contributed by atoms with Crippen LogP contribution in [-0.4, -0.2) is 22.2 Å². The predicted octanol–water partition coefficient (Wildman–Crippen LogP) is 5.08. The Balaban J connectivity index is 1.65. The molecule has 0 spiro atoms. The van der Waals surface area contributed by atoms with Gasteiger partial charge in [-0.1, -0.05) is 47.5 Å². The van der Waals surface area contributed by atoms with Gasteiger partial charge in [0.2, 0.25) is 0 Å². The molecule has 0 radical (unpaired) electrons. The van der Waals surface area contributed by atoms with E-state index in [0.29, 0.717) is 40.4 Å². The second-order valence-electron chi connectivity index (χ2n) is 6.65. The van der Waals surface area contributed by atoms with E-state index in [1.807, 2.05) is 31.2 Å². The standard InChI is InChI=1S/C21H20BrClFN3O/c1-13-3-5-16(6-4-13)12-27-20(23)19(14(2)26-27)21(28)25-10-9-15-7-8-18(24)17(22)11-15/h3-8,11H,9-10,12H2,1-2H3,(H,25,28). The van der Waals surface area contributed by atoms with Crippen LogP contribution < -0.4 is 5.32 Å². The normalized spacial score (nSPS) is 10.9. The van der Waals surface area contributed by atoms with Gasteiger partial charge in [0, 0.05) is 6.54 Å². The van der Waals surface area contributed by atoms with E-state index in [9.17, 15) is 9.18 Å². The average Bonchev–Trinajstić information content (AvgIpc) is 2.93. The molecule has 0 saturated carbocycles. The quantitative estimate of drug-likeness (QED) is 0.553. The third-order valence-corrected chi connectivity index (χ3v) is 5.42. The van der Waals surface area contributed by atoms with E-state index in [0.717, 1.165) is 11.1 Å². The average molecular weight is 465 g/mol. The number of hydrogen-bond donors (Lipinski definition) is 1. The molecule has 0 unspecified atom stereocenters. The van der Waals surface area contributed by atoms with Gasteiger partial charge in [-0.05, 0) is 59.5 Å². The molecule has 0 atom stereocenters. The summed E-state index contributed by atoms with van der Waals surface area (Å²) in [4.78, 5) is 12.6. The maximum atomic E-state index is 13.3. The van der Waals surface area contributed by atoms with Crippen molar-refractivity contribution in [2.75, 3.05) is 6.54 Å². The van der Waals surface area contributed by atoms with Gasteiger partial charge in [-0.3, -0.25) is 4.79 Å². The Hall–Kier alpha value is -2.18. The minimum atomic E-state index is -0.309. The van der Waals surface area contributed by atoms with E-state index in [4.69, 9.17) is 11.6 Å². The molecule has 1 N–H and O–H groups in total. The number of aryl methyl sites for hydroxylation is 2. The molecule has 1 aromatic heterocycles. The summed E-state index contributed by atoms with van der Waals surface area (Å²) in [5.41, 5.74) is 4.13. The largest absolute Gasteiger partial charge is 0.352 e. The number of rotatable bonds is 6. The number of halogens is 3. The second kappa shape index (κ2) is 8.88. The molecule has 0 aliphatic carbocycles. The smallest absolute Gasteiger partial charge is 0.256 e. The second-order valence-corrected chi connectivity index (χ2v) is 7.86. The molecule has 146 valence electrons. The first-order chi connectivity index (χ1) is 13.3. The number of carbonyl (C=O) groups excluding carboxylic acids is 1. The van der Waals surface area contributed by atoms with E-state index in [2.05, 4.69) is 26.3 Å². The highest BCUT2D eigenvalue weighted by atomic mass is 79.9. The molecule has 4 nitrogen and oxygen atoms in total. The molecular weight excluding hydrogens is 445 g/mol. The highest BCUT2D eigenvalue weighted by molar-refractivity contribution is 9.10. The first kappa shape index (κ1) is 20.6. The molecule has 0 aliphatic heterocycles. The zero-order valence-electron chi connectivity index (χ0n) is 15.6. The molecule has 1 heterocycles. The maximum Gasteiger partial charge on any atom is 0.256 e. The van der Waals surface area contributed by atoms with Crippen LogP contribution in [-0.2, 0) is 13.0 Å². The predicted molar refractivity (Wildman–Crippen MR) is 112 cm³/mol. The molecule has 28 heavy (non-hydrogen) atoms. The fourth-order valence-electron chi connectivity index (χ4n) is 2.89. The lowest BCUT2D eigenvalue weighted by atomic mass is 10.1. The van der Waals surface area contributed by atoms with Crippen LogP contribution in [0.5, 0.6) is 0 Å². The molecule has 2 aromatic carbocycles. The Morgan fingerprint density at radius 1 is 1.18 bits per heavy atom. The van der Waals surface area contributed by atoms with Crippen LogP contribution in [0.2, 0.25) is 5.15 Å². The molecule has 3 rings (SSSR count). The zero-order valence-corrected chi connectivity index (χ0v) is 17.9. The zero-order chi connectivity index (χ0) is 20.3. The fourth-order valence-corrected chi connectivity index (χ4v) is 3.63. The third kappa shape index (κ3) is 4.80. The van der Waals surface area contributed by atoms with Crippen molar-refractivity contribution in [1.29, 1.82) is 0 Å². The van der Waals surface area contributed by atoms with Gasteiger partial charge in [0.1, 0.15) is 11.0 Å². The lowest BCUT2D eigenvalue weighted by Crippen LogP contribution is -2.26. The molecule has 0 aliphatic rings. The lowest BCUT2D eigenvalue weighted by molar-refractivity contribution is 0.0953. The number of aromatic nitrogens is 2. The number of hydrogen-bond acceptors (Lipinski definition) is 2. The Morgan fingerprint density at radius 2 is 1.86 bits per heavy atom. The van der Waals surface area contributed by atoms with Crippen molar-refractivity contribution in [3.05, 3.63) is 85.9 Å². The Bertz CT molecular complexity index is 1000. The summed E-state index contributed by atoms with van der Waals surface area (Å²) in [6.45, 7) is 4.71. The number of nitrogens with one attached hydrogen (secondary N) is 1. The van der Waals surface area contributed by atoms with Crippen LogP contribution in [0.3, 0.4) is 0 Å². The van der Waals surface area contributed by atoms with Gasteiger partial charge in [0.15, 0.2) is 0 Å². The summed E-state index contributed by atoms with van der Waals surface area (Å²) in [7, 11) is 0. The fraction of sp³-hybridized carbons (Fsp3) is 0.238. The summed E-state index contributed by atoms with van der Waals surface area (Å²) in [5.74, 6) is -0.574. The van der Waals surface area contributed by atoms with Crippen molar-refractivity contribution < 1.29 is 9.18 Å². The van der Waals surface area contributed by atoms with Crippen molar-refractivity contribution in [2.24, 2.45) is 0 Å². The minimum Gasteiger partial charge on any atom is -0.352 e. The Kier molecular flexibility index (Phi) is 6.52. The molecular formula is C21H20BrClFN3O. The highest BCUT2D eigenvalue weighted by Gasteiger charge is 2.20. The van der Waals surface area contributed by atoms with E-state index >= 15 is 0 Å². The first-order valence-electron chi connectivity index (χ1n) is 8.85. The molecule has 0 fully saturated rings. The van der Waals surface area contributed by atoms with E-state index in [-0.39, 0.29) is 11.7 Å². The highest BCUT2D eigenvalue weighted by Crippen LogP contribution is 2.21. The maximum absolute atomic E-state index is 13.3. The number of benzene rings is 2. The molecule has 0 saturated heterocycles. The van der Waals surface area contributed by atoms with Crippen LogP contribution >= 0.6 is 27.5 Å².